The Bertz CT molecular complexity index is 1140. The van der Waals surface area contributed by atoms with Crippen LogP contribution in [0.2, 0.25) is 0 Å². The van der Waals surface area contributed by atoms with Gasteiger partial charge >= 0.3 is 5.97 Å². The van der Waals surface area contributed by atoms with E-state index >= 15 is 0 Å². The number of likely N-dealkylation sites (N-methyl/N-ethyl adjacent to an activating group) is 1. The zero-order valence-electron chi connectivity index (χ0n) is 19.0. The van der Waals surface area contributed by atoms with E-state index in [4.69, 9.17) is 9.52 Å². The molecule has 2 heterocycles. The molecule has 3 aromatic rings. The molecular formula is C22H27N5O5S. The van der Waals surface area contributed by atoms with Crippen LogP contribution >= 0.6 is 11.7 Å². The summed E-state index contributed by atoms with van der Waals surface area (Å²) in [7, 11) is 1.35. The number of carboxylic acids is 1. The number of aromatic hydroxyl groups is 1. The van der Waals surface area contributed by atoms with Crippen molar-refractivity contribution in [3.63, 3.8) is 0 Å². The highest BCUT2D eigenvalue weighted by atomic mass is 32.1. The molecule has 0 spiro atoms. The first kappa shape index (κ1) is 24.1. The highest BCUT2D eigenvalue weighted by Crippen LogP contribution is 2.35. The van der Waals surface area contributed by atoms with Crippen LogP contribution in [-0.4, -0.2) is 49.3 Å². The summed E-state index contributed by atoms with van der Waals surface area (Å²) in [5.74, 6) is 0.610. The van der Waals surface area contributed by atoms with Crippen LogP contribution in [0.4, 0.5) is 17.3 Å². The lowest BCUT2D eigenvalue weighted by Crippen LogP contribution is -2.32. The van der Waals surface area contributed by atoms with Crippen molar-refractivity contribution in [3.05, 3.63) is 46.9 Å². The SMILES string of the molecule is Cc1cc(C(Nc2nsnc2Nc2cccc(C(=O)N(C)CC(=O)O)c2O)C(C)C)oc1C. The van der Waals surface area contributed by atoms with Crippen molar-refractivity contribution < 1.29 is 24.2 Å². The molecule has 1 amide bonds. The molecule has 0 radical (unpaired) electrons. The van der Waals surface area contributed by atoms with E-state index in [9.17, 15) is 14.7 Å². The molecular weight excluding hydrogens is 446 g/mol. The molecule has 4 N–H and O–H groups in total. The summed E-state index contributed by atoms with van der Waals surface area (Å²) in [5, 5.41) is 26.0. The van der Waals surface area contributed by atoms with Gasteiger partial charge in [-0.05, 0) is 43.5 Å². The quantitative estimate of drug-likeness (QED) is 0.337. The fraction of sp³-hybridized carbons (Fsp3) is 0.364. The monoisotopic (exact) mass is 473 g/mol. The van der Waals surface area contributed by atoms with Gasteiger partial charge in [-0.1, -0.05) is 19.9 Å². The Morgan fingerprint density at radius 3 is 2.52 bits per heavy atom. The topological polar surface area (TPSA) is 141 Å². The molecule has 11 heteroatoms. The maximum Gasteiger partial charge on any atom is 0.323 e. The van der Waals surface area contributed by atoms with Gasteiger partial charge in [0.1, 0.15) is 18.1 Å². The Morgan fingerprint density at radius 1 is 1.21 bits per heavy atom. The third-order valence-corrected chi connectivity index (χ3v) is 5.71. The van der Waals surface area contributed by atoms with Gasteiger partial charge in [0, 0.05) is 7.05 Å². The van der Waals surface area contributed by atoms with E-state index in [0.717, 1.165) is 33.7 Å². The standard InChI is InChI=1S/C22H27N5O5S/c1-11(2)18(16-9-12(3)13(4)32-16)24-21-20(25-33-26-21)23-15-8-6-7-14(19(15)30)22(31)27(5)10-17(28)29/h6-9,11,18,30H,10H2,1-5H3,(H,23,25)(H,24,26)(H,28,29). The van der Waals surface area contributed by atoms with Gasteiger partial charge in [0.25, 0.3) is 5.91 Å². The van der Waals surface area contributed by atoms with Crippen molar-refractivity contribution in [2.75, 3.05) is 24.2 Å². The average molecular weight is 474 g/mol. The van der Waals surface area contributed by atoms with E-state index in [-0.39, 0.29) is 29.0 Å². The van der Waals surface area contributed by atoms with Gasteiger partial charge in [0.15, 0.2) is 17.4 Å². The number of aliphatic carboxylic acids is 1. The Balaban J connectivity index is 1.84. The summed E-state index contributed by atoms with van der Waals surface area (Å²) in [6, 6.07) is 6.44. The number of carbonyl (C=O) groups is 2. The number of carboxylic acid groups (broad SMARTS) is 1. The molecule has 0 saturated heterocycles. The van der Waals surface area contributed by atoms with Crippen LogP contribution in [-0.2, 0) is 4.79 Å². The summed E-state index contributed by atoms with van der Waals surface area (Å²) in [6.45, 7) is 7.54. The molecule has 0 fully saturated rings. The van der Waals surface area contributed by atoms with Gasteiger partial charge in [-0.3, -0.25) is 9.59 Å². The molecule has 3 rings (SSSR count). The van der Waals surface area contributed by atoms with E-state index in [1.165, 1.54) is 13.1 Å². The first-order valence-corrected chi connectivity index (χ1v) is 11.0. The fourth-order valence-corrected chi connectivity index (χ4v) is 3.73. The number of phenolic OH excluding ortho intramolecular Hbond substituents is 1. The molecule has 1 atom stereocenters. The molecule has 0 saturated carbocycles. The summed E-state index contributed by atoms with van der Waals surface area (Å²) < 4.78 is 14.5. The molecule has 33 heavy (non-hydrogen) atoms. The number of benzene rings is 1. The second-order valence-electron chi connectivity index (χ2n) is 8.10. The number of aryl methyl sites for hydroxylation is 2. The van der Waals surface area contributed by atoms with E-state index < -0.39 is 18.4 Å². The van der Waals surface area contributed by atoms with Crippen molar-refractivity contribution in [1.29, 1.82) is 0 Å². The van der Waals surface area contributed by atoms with Crippen LogP contribution in [0.3, 0.4) is 0 Å². The molecule has 2 aromatic heterocycles. The van der Waals surface area contributed by atoms with E-state index in [1.54, 1.807) is 12.1 Å². The van der Waals surface area contributed by atoms with E-state index in [1.807, 2.05) is 19.9 Å². The number of nitrogens with one attached hydrogen (secondary N) is 2. The predicted molar refractivity (Wildman–Crippen MR) is 125 cm³/mol. The minimum Gasteiger partial charge on any atom is -0.505 e. The van der Waals surface area contributed by atoms with Crippen LogP contribution in [0.1, 0.15) is 47.3 Å². The van der Waals surface area contributed by atoms with Crippen LogP contribution in [0.5, 0.6) is 5.75 Å². The predicted octanol–water partition coefficient (Wildman–Crippen LogP) is 4.16. The molecule has 1 unspecified atom stereocenters. The minimum absolute atomic E-state index is 0.0250. The minimum atomic E-state index is -1.15. The van der Waals surface area contributed by atoms with Crippen molar-refractivity contribution >= 4 is 40.9 Å². The van der Waals surface area contributed by atoms with Crippen molar-refractivity contribution in [1.82, 2.24) is 13.6 Å². The number of rotatable bonds is 9. The van der Waals surface area contributed by atoms with Crippen LogP contribution in [0, 0.1) is 19.8 Å². The van der Waals surface area contributed by atoms with Gasteiger partial charge in [0.05, 0.1) is 29.0 Å². The second kappa shape index (κ2) is 9.90. The lowest BCUT2D eigenvalue weighted by Gasteiger charge is -2.21. The van der Waals surface area contributed by atoms with Gasteiger partial charge in [-0.25, -0.2) is 0 Å². The Labute approximate surface area is 195 Å². The first-order chi connectivity index (χ1) is 15.6. The number of hydrogen-bond acceptors (Lipinski definition) is 9. The number of carbonyl (C=O) groups excluding carboxylic acids is 1. The number of amides is 1. The maximum absolute atomic E-state index is 12.6. The molecule has 10 nitrogen and oxygen atoms in total. The number of anilines is 3. The zero-order valence-corrected chi connectivity index (χ0v) is 19.9. The van der Waals surface area contributed by atoms with Crippen molar-refractivity contribution in [2.24, 2.45) is 5.92 Å². The van der Waals surface area contributed by atoms with E-state index in [0.29, 0.717) is 11.6 Å². The fourth-order valence-electron chi connectivity index (χ4n) is 3.26. The van der Waals surface area contributed by atoms with Gasteiger partial charge in [-0.15, -0.1) is 0 Å². The number of phenols is 1. The third-order valence-electron chi connectivity index (χ3n) is 5.18. The summed E-state index contributed by atoms with van der Waals surface area (Å²) >= 11 is 0.993. The lowest BCUT2D eigenvalue weighted by atomic mass is 10.0. The Kier molecular flexibility index (Phi) is 7.22. The summed E-state index contributed by atoms with van der Waals surface area (Å²) in [5.41, 5.74) is 1.28. The summed E-state index contributed by atoms with van der Waals surface area (Å²) in [6.07, 6.45) is 0. The largest absolute Gasteiger partial charge is 0.505 e. The van der Waals surface area contributed by atoms with Crippen LogP contribution < -0.4 is 10.6 Å². The average Bonchev–Trinajstić information content (AvgIpc) is 3.32. The highest BCUT2D eigenvalue weighted by Gasteiger charge is 2.24. The molecule has 0 aliphatic heterocycles. The lowest BCUT2D eigenvalue weighted by molar-refractivity contribution is -0.137. The van der Waals surface area contributed by atoms with Gasteiger partial charge in [-0.2, -0.15) is 8.75 Å². The molecule has 0 aliphatic rings. The first-order valence-electron chi connectivity index (χ1n) is 10.3. The number of para-hydroxylation sites is 1. The van der Waals surface area contributed by atoms with Crippen molar-refractivity contribution in [3.8, 4) is 5.75 Å². The maximum atomic E-state index is 12.6. The smallest absolute Gasteiger partial charge is 0.323 e. The number of nitrogens with zero attached hydrogens (tertiary/aromatic N) is 3. The molecule has 1 aromatic carbocycles. The van der Waals surface area contributed by atoms with Crippen LogP contribution in [0.15, 0.2) is 28.7 Å². The molecule has 176 valence electrons. The van der Waals surface area contributed by atoms with Gasteiger partial charge in [0.2, 0.25) is 0 Å². The Hall–Kier alpha value is -3.60. The van der Waals surface area contributed by atoms with Crippen LogP contribution in [0.25, 0.3) is 0 Å². The third kappa shape index (κ3) is 5.43. The highest BCUT2D eigenvalue weighted by molar-refractivity contribution is 6.99. The van der Waals surface area contributed by atoms with Crippen molar-refractivity contribution in [2.45, 2.75) is 33.7 Å². The normalized spacial score (nSPS) is 11.9. The number of aromatic nitrogens is 2. The second-order valence-corrected chi connectivity index (χ2v) is 8.63. The molecule has 0 aliphatic carbocycles. The van der Waals surface area contributed by atoms with Gasteiger partial charge < -0.3 is 30.2 Å². The Morgan fingerprint density at radius 2 is 1.91 bits per heavy atom. The zero-order chi connectivity index (χ0) is 24.3. The van der Waals surface area contributed by atoms with E-state index in [2.05, 4.69) is 33.2 Å². The number of hydrogen-bond donors (Lipinski definition) is 4. The molecule has 0 bridgehead atoms. The number of furan rings is 1. The summed E-state index contributed by atoms with van der Waals surface area (Å²) in [4.78, 5) is 24.5.